The lowest BCUT2D eigenvalue weighted by atomic mass is 9.86. The van der Waals surface area contributed by atoms with Gasteiger partial charge in [0.15, 0.2) is 11.6 Å². The van der Waals surface area contributed by atoms with Gasteiger partial charge in [0.2, 0.25) is 10.0 Å². The molecule has 0 spiro atoms. The van der Waals surface area contributed by atoms with Gasteiger partial charge in [0.05, 0.1) is 31.3 Å². The molecule has 4 aromatic rings. The largest absolute Gasteiger partial charge is 0.492 e. The van der Waals surface area contributed by atoms with E-state index >= 15 is 0 Å². The molecule has 1 aliphatic heterocycles. The van der Waals surface area contributed by atoms with Gasteiger partial charge in [-0.2, -0.15) is 0 Å². The van der Waals surface area contributed by atoms with Crippen LogP contribution in [0.4, 0.5) is 21.9 Å². The lowest BCUT2D eigenvalue weighted by Gasteiger charge is -2.27. The van der Waals surface area contributed by atoms with E-state index in [1.54, 1.807) is 6.07 Å². The summed E-state index contributed by atoms with van der Waals surface area (Å²) in [7, 11) is -2.15. The fraction of sp³-hybridized carbons (Fsp3) is 0.400. The average Bonchev–Trinajstić information content (AvgIpc) is 3.69. The minimum Gasteiger partial charge on any atom is -0.492 e. The number of nitrogens with zero attached hydrogens (tertiary/aromatic N) is 4. The van der Waals surface area contributed by atoms with Gasteiger partial charge in [-0.15, -0.1) is 10.2 Å². The fourth-order valence-electron chi connectivity index (χ4n) is 6.34. The third-order valence-electron chi connectivity index (χ3n) is 8.72. The van der Waals surface area contributed by atoms with E-state index in [2.05, 4.69) is 47.2 Å². The van der Waals surface area contributed by atoms with Crippen LogP contribution in [-0.2, 0) is 41.4 Å². The topological polar surface area (TPSA) is 140 Å². The van der Waals surface area contributed by atoms with Crippen LogP contribution in [0.1, 0.15) is 49.7 Å². The molecule has 2 heterocycles. The Morgan fingerprint density at radius 3 is 2.40 bits per heavy atom. The zero-order chi connectivity index (χ0) is 34.1. The van der Waals surface area contributed by atoms with Crippen molar-refractivity contribution in [2.45, 2.75) is 58.5 Å². The maximum absolute atomic E-state index is 13.3. The molecule has 6 rings (SSSR count). The quantitative estimate of drug-likeness (QED) is 0.196. The maximum Gasteiger partial charge on any atom is 0.323 e. The first kappa shape index (κ1) is 33.3. The van der Waals surface area contributed by atoms with E-state index in [1.165, 1.54) is 7.11 Å². The smallest absolute Gasteiger partial charge is 0.323 e. The molecule has 0 atom stereocenters. The second-order valence-corrected chi connectivity index (χ2v) is 15.1. The summed E-state index contributed by atoms with van der Waals surface area (Å²) >= 11 is 0. The number of carbonyl (C=O) groups excluding carboxylic acids is 1. The van der Waals surface area contributed by atoms with Gasteiger partial charge in [-0.1, -0.05) is 51.1 Å². The number of methoxy groups -OCH3 is 1. The minimum absolute atomic E-state index is 0.225. The molecular formula is C35H43N7O5S. The number of rotatable bonds is 10. The number of ether oxygens (including phenoxy) is 2. The molecule has 3 aromatic carbocycles. The minimum atomic E-state index is -3.59. The summed E-state index contributed by atoms with van der Waals surface area (Å²) in [4.78, 5) is 15.7. The molecule has 0 saturated heterocycles. The maximum atomic E-state index is 13.3. The number of benzene rings is 3. The highest BCUT2D eigenvalue weighted by molar-refractivity contribution is 7.92. The van der Waals surface area contributed by atoms with Crippen molar-refractivity contribution in [3.63, 3.8) is 0 Å². The Labute approximate surface area is 281 Å². The molecular weight excluding hydrogens is 630 g/mol. The zero-order valence-corrected chi connectivity index (χ0v) is 28.9. The van der Waals surface area contributed by atoms with Crippen LogP contribution in [0.3, 0.4) is 0 Å². The van der Waals surface area contributed by atoms with Gasteiger partial charge in [0, 0.05) is 30.9 Å². The monoisotopic (exact) mass is 673 g/mol. The van der Waals surface area contributed by atoms with Crippen LogP contribution in [0.25, 0.3) is 11.4 Å². The Bertz CT molecular complexity index is 1920. The molecule has 12 nitrogen and oxygen atoms in total. The van der Waals surface area contributed by atoms with E-state index in [4.69, 9.17) is 9.47 Å². The van der Waals surface area contributed by atoms with Gasteiger partial charge in [-0.25, -0.2) is 13.2 Å². The molecule has 1 aliphatic carbocycles. The van der Waals surface area contributed by atoms with Crippen molar-refractivity contribution in [3.05, 3.63) is 77.1 Å². The average molecular weight is 674 g/mol. The lowest BCUT2D eigenvalue weighted by Crippen LogP contribution is -2.36. The van der Waals surface area contributed by atoms with Gasteiger partial charge in [0.1, 0.15) is 18.2 Å². The number of anilines is 3. The highest BCUT2D eigenvalue weighted by Gasteiger charge is 2.25. The van der Waals surface area contributed by atoms with E-state index < -0.39 is 16.1 Å². The van der Waals surface area contributed by atoms with Crippen molar-refractivity contribution in [2.24, 2.45) is 0 Å². The van der Waals surface area contributed by atoms with Crippen molar-refractivity contribution < 1.29 is 22.7 Å². The van der Waals surface area contributed by atoms with Crippen LogP contribution in [-0.4, -0.2) is 67.2 Å². The summed E-state index contributed by atoms with van der Waals surface area (Å²) in [6, 6.07) is 17.0. The lowest BCUT2D eigenvalue weighted by molar-refractivity contribution is 0.174. The summed E-state index contributed by atoms with van der Waals surface area (Å²) in [5.41, 5.74) is 5.10. The first-order chi connectivity index (χ1) is 22.9. The highest BCUT2D eigenvalue weighted by Crippen LogP contribution is 2.40. The number of amides is 2. The molecule has 0 saturated carbocycles. The first-order valence-electron chi connectivity index (χ1n) is 16.2. The fourth-order valence-corrected chi connectivity index (χ4v) is 6.89. The SMILES string of the molecule is COc1c(NC(=O)Nc2ccc(OCCN3CCn4c(nnc4-c4ccccc4)C3)c3c2CCC3)cc(C(C)(C)C)cc1NS(C)(=O)=O. The standard InChI is InChI=1S/C35H43N7O5S/c1-35(2,3)24-20-28(32(46-4)29(21-24)40-48(5,44)45)37-34(43)36-27-14-15-30(26-13-9-12-25(26)27)47-19-18-41-16-17-42-31(22-41)38-39-33(42)23-10-7-6-8-11-23/h6-8,10-11,14-15,20-21,40H,9,12-13,16-19,22H2,1-5H3,(H2,36,37,43). The molecule has 3 N–H and O–H groups in total. The number of nitrogens with one attached hydrogen (secondary N) is 3. The second-order valence-electron chi connectivity index (χ2n) is 13.3. The van der Waals surface area contributed by atoms with Crippen LogP contribution in [0.2, 0.25) is 0 Å². The highest BCUT2D eigenvalue weighted by atomic mass is 32.2. The van der Waals surface area contributed by atoms with Crippen molar-refractivity contribution in [1.29, 1.82) is 0 Å². The Morgan fingerprint density at radius 1 is 0.938 bits per heavy atom. The number of fused-ring (bicyclic) bond motifs is 2. The molecule has 0 radical (unpaired) electrons. The van der Waals surface area contributed by atoms with Crippen molar-refractivity contribution in [3.8, 4) is 22.9 Å². The third-order valence-corrected chi connectivity index (χ3v) is 9.31. The molecule has 13 heteroatoms. The molecule has 0 fully saturated rings. The Kier molecular flexibility index (Phi) is 9.35. The normalized spacial score (nSPS) is 14.6. The Morgan fingerprint density at radius 2 is 1.67 bits per heavy atom. The van der Waals surface area contributed by atoms with Crippen LogP contribution in [0, 0.1) is 0 Å². The number of carbonyl (C=O) groups is 1. The summed E-state index contributed by atoms with van der Waals surface area (Å²) in [5.74, 6) is 2.94. The van der Waals surface area contributed by atoms with Crippen LogP contribution in [0.5, 0.6) is 11.5 Å². The number of sulfonamides is 1. The van der Waals surface area contributed by atoms with Gasteiger partial charge >= 0.3 is 6.03 Å². The molecule has 48 heavy (non-hydrogen) atoms. The third kappa shape index (κ3) is 7.42. The van der Waals surface area contributed by atoms with Crippen molar-refractivity contribution in [2.75, 3.05) is 48.4 Å². The van der Waals surface area contributed by atoms with E-state index in [0.29, 0.717) is 18.8 Å². The number of aromatic nitrogens is 3. The number of hydrogen-bond donors (Lipinski definition) is 3. The molecule has 0 bridgehead atoms. The van der Waals surface area contributed by atoms with Gasteiger partial charge in [-0.05, 0) is 65.6 Å². The predicted octanol–water partition coefficient (Wildman–Crippen LogP) is 5.65. The number of urea groups is 1. The van der Waals surface area contributed by atoms with Crippen LogP contribution < -0.4 is 24.8 Å². The first-order valence-corrected chi connectivity index (χ1v) is 18.0. The summed E-state index contributed by atoms with van der Waals surface area (Å²) in [5, 5.41) is 14.8. The van der Waals surface area contributed by atoms with Crippen molar-refractivity contribution in [1.82, 2.24) is 19.7 Å². The molecule has 2 amide bonds. The Balaban J connectivity index is 1.11. The zero-order valence-electron chi connectivity index (χ0n) is 28.1. The van der Waals surface area contributed by atoms with Gasteiger partial charge in [0.25, 0.3) is 0 Å². The summed E-state index contributed by atoms with van der Waals surface area (Å²) in [6.07, 6.45) is 3.75. The van der Waals surface area contributed by atoms with Gasteiger partial charge < -0.3 is 24.7 Å². The molecule has 2 aliphatic rings. The van der Waals surface area contributed by atoms with Crippen LogP contribution in [0.15, 0.2) is 54.6 Å². The van der Waals surface area contributed by atoms with Crippen LogP contribution >= 0.6 is 0 Å². The van der Waals surface area contributed by atoms with E-state index in [0.717, 1.165) is 90.5 Å². The number of hydrogen-bond acceptors (Lipinski definition) is 8. The van der Waals surface area contributed by atoms with Crippen molar-refractivity contribution >= 4 is 33.1 Å². The van der Waals surface area contributed by atoms with Gasteiger partial charge in [-0.3, -0.25) is 9.62 Å². The molecule has 254 valence electrons. The molecule has 0 unspecified atom stereocenters. The second kappa shape index (κ2) is 13.5. The molecule has 1 aromatic heterocycles. The summed E-state index contributed by atoms with van der Waals surface area (Å²) in [6.45, 7) is 9.76. The van der Waals surface area contributed by atoms with E-state index in [1.807, 2.05) is 57.2 Å². The summed E-state index contributed by atoms with van der Waals surface area (Å²) < 4.78 is 40.8. The predicted molar refractivity (Wildman–Crippen MR) is 187 cm³/mol. The Hall–Kier alpha value is -4.62. The van der Waals surface area contributed by atoms with E-state index in [9.17, 15) is 13.2 Å². The van der Waals surface area contributed by atoms with E-state index in [-0.39, 0.29) is 16.9 Å².